The van der Waals surface area contributed by atoms with E-state index in [1.54, 1.807) is 23.2 Å². The van der Waals surface area contributed by atoms with E-state index in [-0.39, 0.29) is 11.4 Å². The van der Waals surface area contributed by atoms with Crippen molar-refractivity contribution in [1.29, 1.82) is 10.5 Å². The third-order valence-electron chi connectivity index (χ3n) is 4.70. The molecule has 0 aliphatic heterocycles. The van der Waals surface area contributed by atoms with Crippen molar-refractivity contribution in [3.8, 4) is 12.1 Å². The van der Waals surface area contributed by atoms with Crippen LogP contribution >= 0.6 is 0 Å². The number of fused-ring (bicyclic) bond motifs is 3. The summed E-state index contributed by atoms with van der Waals surface area (Å²) in [5, 5.41) is 20.1. The highest BCUT2D eigenvalue weighted by molar-refractivity contribution is 6.01. The van der Waals surface area contributed by atoms with Crippen molar-refractivity contribution in [3.63, 3.8) is 0 Å². The lowest BCUT2D eigenvalue weighted by atomic mass is 10.1. The van der Waals surface area contributed by atoms with E-state index in [9.17, 15) is 0 Å². The van der Waals surface area contributed by atoms with Gasteiger partial charge < -0.3 is 9.13 Å². The molecule has 8 nitrogen and oxygen atoms in total. The van der Waals surface area contributed by atoms with Crippen molar-refractivity contribution in [2.75, 3.05) is 0 Å². The Balaban J connectivity index is 2.14. The molecule has 0 aliphatic carbocycles. The molecule has 2 heterocycles. The quantitative estimate of drug-likeness (QED) is 0.445. The van der Waals surface area contributed by atoms with Crippen molar-refractivity contribution in [2.24, 2.45) is 14.1 Å². The summed E-state index contributed by atoms with van der Waals surface area (Å²) < 4.78 is 3.44. The molecule has 0 unspecified atom stereocenters. The first kappa shape index (κ1) is 16.8. The molecule has 0 fully saturated rings. The Morgan fingerprint density at radius 3 is 1.79 bits per heavy atom. The topological polar surface area (TPSA) is 91.9 Å². The third-order valence-corrected chi connectivity index (χ3v) is 4.70. The van der Waals surface area contributed by atoms with Gasteiger partial charge in [0.2, 0.25) is 5.48 Å². The second kappa shape index (κ2) is 5.95. The van der Waals surface area contributed by atoms with Gasteiger partial charge in [-0.15, -0.1) is 0 Å². The van der Waals surface area contributed by atoms with E-state index in [0.717, 1.165) is 21.8 Å². The van der Waals surface area contributed by atoms with Gasteiger partial charge in [-0.3, -0.25) is 0 Å². The first-order chi connectivity index (χ1) is 13.5. The molecule has 28 heavy (non-hydrogen) atoms. The molecule has 2 aromatic carbocycles. The van der Waals surface area contributed by atoms with Gasteiger partial charge in [-0.25, -0.2) is 9.97 Å². The summed E-state index contributed by atoms with van der Waals surface area (Å²) in [6.07, 6.45) is 0. The number of nitrogens with zero attached hydrogens (tertiary/aromatic N) is 8. The van der Waals surface area contributed by atoms with Crippen molar-refractivity contribution < 1.29 is 0 Å². The van der Waals surface area contributed by atoms with Gasteiger partial charge in [0.1, 0.15) is 25.3 Å². The second-order valence-corrected chi connectivity index (χ2v) is 6.16. The highest BCUT2D eigenvalue weighted by atomic mass is 15.1. The fourth-order valence-electron chi connectivity index (χ4n) is 3.30. The van der Waals surface area contributed by atoms with Gasteiger partial charge in [-0.05, 0) is 35.0 Å². The summed E-state index contributed by atoms with van der Waals surface area (Å²) in [5.41, 5.74) is 3.55. The zero-order valence-electron chi connectivity index (χ0n) is 14.9. The average Bonchev–Trinajstić information content (AvgIpc) is 3.18. The van der Waals surface area contributed by atoms with Crippen LogP contribution in [0.2, 0.25) is 0 Å². The molecule has 2 aromatic heterocycles. The van der Waals surface area contributed by atoms with E-state index in [4.69, 9.17) is 23.7 Å². The predicted octanol–water partition coefficient (Wildman–Crippen LogP) is 1.72. The lowest BCUT2D eigenvalue weighted by Gasteiger charge is -2.02. The Labute approximate surface area is 158 Å². The third kappa shape index (κ3) is 2.20. The number of benzene rings is 2. The van der Waals surface area contributed by atoms with Gasteiger partial charge in [0.25, 0.3) is 0 Å². The van der Waals surface area contributed by atoms with Crippen molar-refractivity contribution in [1.82, 2.24) is 19.1 Å². The van der Waals surface area contributed by atoms with Crippen molar-refractivity contribution in [2.45, 2.75) is 0 Å². The van der Waals surface area contributed by atoms with Crippen LogP contribution in [-0.4, -0.2) is 19.1 Å². The summed E-state index contributed by atoms with van der Waals surface area (Å²) in [6, 6.07) is 11.4. The van der Waals surface area contributed by atoms with E-state index >= 15 is 0 Å². The number of hydrogen-bond donors (Lipinski definition) is 0. The van der Waals surface area contributed by atoms with Gasteiger partial charge in [-0.1, -0.05) is 0 Å². The number of rotatable bonds is 0. The highest BCUT2D eigenvalue weighted by Gasteiger charge is 2.15. The van der Waals surface area contributed by atoms with Gasteiger partial charge in [0, 0.05) is 14.1 Å². The number of imidazole rings is 2. The highest BCUT2D eigenvalue weighted by Crippen LogP contribution is 2.25. The zero-order chi connectivity index (χ0) is 20.0. The summed E-state index contributed by atoms with van der Waals surface area (Å²) in [4.78, 5) is 15.4. The molecule has 0 aliphatic rings. The van der Waals surface area contributed by atoms with E-state index < -0.39 is 0 Å². The molecule has 0 atom stereocenters. The summed E-state index contributed by atoms with van der Waals surface area (Å²) in [7, 11) is 3.53. The van der Waals surface area contributed by atoms with Crippen LogP contribution in [0.25, 0.3) is 53.9 Å². The van der Waals surface area contributed by atoms with Crippen LogP contribution in [0.1, 0.15) is 0 Å². The molecule has 0 saturated carbocycles. The van der Waals surface area contributed by atoms with E-state index in [1.165, 1.54) is 0 Å². The maximum atomic E-state index is 9.14. The van der Waals surface area contributed by atoms with Crippen LogP contribution < -0.4 is 11.0 Å². The van der Waals surface area contributed by atoms with Crippen LogP contribution in [0.5, 0.6) is 0 Å². The average molecular weight is 362 g/mol. The van der Waals surface area contributed by atoms with Gasteiger partial charge >= 0.3 is 5.82 Å². The molecule has 130 valence electrons. The normalized spacial score (nSPS) is 10.4. The molecule has 0 spiro atoms. The monoisotopic (exact) mass is 362 g/mol. The lowest BCUT2D eigenvalue weighted by molar-refractivity contribution is 0.896. The Hall–Kier alpha value is -4.66. The maximum Gasteiger partial charge on any atom is 0.562 e. The van der Waals surface area contributed by atoms with E-state index in [0.29, 0.717) is 22.0 Å². The smallest absolute Gasteiger partial charge is 0.330 e. The summed E-state index contributed by atoms with van der Waals surface area (Å²) in [6.45, 7) is 14.3. The Morgan fingerprint density at radius 1 is 0.857 bits per heavy atom. The summed E-state index contributed by atoms with van der Waals surface area (Å²) in [5.74, 6) is -0.0738. The standard InChI is InChI=1S/C20H10N8/c1-23-18(24-2)20-26-15-6-12-7-16-14(5-11(12)8-17(15)28(20)4)25-19(27(16)3)13(9-21)10-22/h5-8H,3-4H3. The van der Waals surface area contributed by atoms with Gasteiger partial charge in [0.15, 0.2) is 11.1 Å². The Kier molecular flexibility index (Phi) is 3.57. The molecule has 0 saturated heterocycles. The molecule has 8 heteroatoms. The van der Waals surface area contributed by atoms with E-state index in [2.05, 4.69) is 19.7 Å². The van der Waals surface area contributed by atoms with Crippen molar-refractivity contribution in [3.05, 3.63) is 58.1 Å². The molecule has 4 aromatic rings. The largest absolute Gasteiger partial charge is 0.562 e. The number of aromatic nitrogens is 4. The molecule has 0 N–H and O–H groups in total. The fourth-order valence-corrected chi connectivity index (χ4v) is 3.30. The van der Waals surface area contributed by atoms with Crippen LogP contribution in [-0.2, 0) is 14.1 Å². The van der Waals surface area contributed by atoms with Crippen LogP contribution in [0.3, 0.4) is 0 Å². The minimum absolute atomic E-state index is 0.0411. The molecule has 0 amide bonds. The Morgan fingerprint density at radius 2 is 1.32 bits per heavy atom. The predicted molar refractivity (Wildman–Crippen MR) is 103 cm³/mol. The van der Waals surface area contributed by atoms with Crippen molar-refractivity contribution >= 4 is 44.2 Å². The molecular weight excluding hydrogens is 352 g/mol. The number of aryl methyl sites for hydroxylation is 2. The maximum absolute atomic E-state index is 9.14. The lowest BCUT2D eigenvalue weighted by Crippen LogP contribution is -2.17. The number of nitriles is 2. The first-order valence-electron chi connectivity index (χ1n) is 8.08. The van der Waals surface area contributed by atoms with Crippen LogP contribution in [0.4, 0.5) is 0 Å². The minimum Gasteiger partial charge on any atom is -0.330 e. The SMILES string of the molecule is [C-]#[N+]C([N+]#[C-])=c1nc2cc3cc4c(cc3cc2n1C)nc(=C(C#N)C#N)n4C. The summed E-state index contributed by atoms with van der Waals surface area (Å²) >= 11 is 0. The van der Waals surface area contributed by atoms with Crippen LogP contribution in [0, 0.1) is 35.8 Å². The molecule has 0 bridgehead atoms. The molecule has 4 rings (SSSR count). The zero-order valence-corrected chi connectivity index (χ0v) is 14.9. The van der Waals surface area contributed by atoms with Crippen LogP contribution in [0.15, 0.2) is 24.3 Å². The van der Waals surface area contributed by atoms with Gasteiger partial charge in [0.05, 0.1) is 22.1 Å². The van der Waals surface area contributed by atoms with E-state index in [1.807, 2.05) is 36.4 Å². The minimum atomic E-state index is -0.0738. The second-order valence-electron chi connectivity index (χ2n) is 6.16. The molecule has 0 radical (unpaired) electrons. The van der Waals surface area contributed by atoms with Gasteiger partial charge in [-0.2, -0.15) is 20.2 Å². The number of hydrogen-bond acceptors (Lipinski definition) is 4. The molecular formula is C20H10N8. The fraction of sp³-hybridized carbons (Fsp3) is 0.100. The Bertz CT molecular complexity index is 1460. The first-order valence-corrected chi connectivity index (χ1v) is 8.08.